The third kappa shape index (κ3) is 4.51. The number of carbonyl (C=O) groups excluding carboxylic acids is 1. The average Bonchev–Trinajstić information content (AvgIpc) is 2.46. The zero-order valence-corrected chi connectivity index (χ0v) is 12.2. The van der Waals surface area contributed by atoms with Crippen LogP contribution in [0.25, 0.3) is 0 Å². The third-order valence-corrected chi connectivity index (χ3v) is 4.79. The first kappa shape index (κ1) is 14.8. The van der Waals surface area contributed by atoms with Crippen LogP contribution in [-0.2, 0) is 4.79 Å². The maximum absolute atomic E-state index is 12.3. The largest absolute Gasteiger partial charge is 0.342 e. The van der Waals surface area contributed by atoms with E-state index in [1.807, 2.05) is 16.7 Å². The Morgan fingerprint density at radius 2 is 2.18 bits per heavy atom. The van der Waals surface area contributed by atoms with E-state index in [-0.39, 0.29) is 11.8 Å². The van der Waals surface area contributed by atoms with Crippen molar-refractivity contribution in [1.29, 1.82) is 0 Å². The normalized spacial score (nSPS) is 22.0. The molecule has 1 fully saturated rings. The van der Waals surface area contributed by atoms with Gasteiger partial charge in [-0.15, -0.1) is 0 Å². The lowest BCUT2D eigenvalue weighted by Gasteiger charge is -2.26. The summed E-state index contributed by atoms with van der Waals surface area (Å²) in [6.07, 6.45) is 3.02. The van der Waals surface area contributed by atoms with E-state index in [1.54, 1.807) is 0 Å². The van der Waals surface area contributed by atoms with Crippen LogP contribution in [0.4, 0.5) is 0 Å². The van der Waals surface area contributed by atoms with Gasteiger partial charge in [-0.05, 0) is 12.8 Å². The molecule has 1 amide bonds. The molecule has 1 unspecified atom stereocenters. The van der Waals surface area contributed by atoms with Gasteiger partial charge in [-0.2, -0.15) is 11.8 Å². The van der Waals surface area contributed by atoms with E-state index in [2.05, 4.69) is 20.8 Å². The van der Waals surface area contributed by atoms with Crippen molar-refractivity contribution >= 4 is 17.7 Å². The van der Waals surface area contributed by atoms with Crippen molar-refractivity contribution < 1.29 is 4.79 Å². The van der Waals surface area contributed by atoms with Crippen molar-refractivity contribution in [2.45, 2.75) is 44.8 Å². The molecule has 1 aliphatic heterocycles. The fourth-order valence-electron chi connectivity index (χ4n) is 2.19. The Morgan fingerprint density at radius 3 is 2.76 bits per heavy atom. The number of nitrogens with zero attached hydrogens (tertiary/aromatic N) is 1. The number of amides is 1. The van der Waals surface area contributed by atoms with Gasteiger partial charge in [-0.3, -0.25) is 4.79 Å². The highest BCUT2D eigenvalue weighted by atomic mass is 32.2. The molecule has 1 saturated heterocycles. The quantitative estimate of drug-likeness (QED) is 0.840. The molecule has 0 saturated carbocycles. The summed E-state index contributed by atoms with van der Waals surface area (Å²) in [5, 5.41) is 0. The third-order valence-electron chi connectivity index (χ3n) is 3.42. The minimum Gasteiger partial charge on any atom is -0.342 e. The highest BCUT2D eigenvalue weighted by molar-refractivity contribution is 8.00. The van der Waals surface area contributed by atoms with Crippen LogP contribution in [0.1, 0.15) is 40.0 Å². The smallest absolute Gasteiger partial charge is 0.226 e. The molecule has 0 aromatic heterocycles. The van der Waals surface area contributed by atoms with E-state index in [9.17, 15) is 4.79 Å². The molecule has 17 heavy (non-hydrogen) atoms. The van der Waals surface area contributed by atoms with Crippen LogP contribution in [-0.4, -0.2) is 40.9 Å². The Morgan fingerprint density at radius 1 is 1.47 bits per heavy atom. The molecule has 0 aliphatic carbocycles. The topological polar surface area (TPSA) is 46.3 Å². The van der Waals surface area contributed by atoms with Crippen LogP contribution in [0.15, 0.2) is 0 Å². The molecule has 1 aliphatic rings. The van der Waals surface area contributed by atoms with Gasteiger partial charge in [0, 0.05) is 30.1 Å². The molecule has 100 valence electrons. The van der Waals surface area contributed by atoms with Crippen LogP contribution in [0.2, 0.25) is 0 Å². The van der Waals surface area contributed by atoms with E-state index in [0.29, 0.717) is 11.3 Å². The summed E-state index contributed by atoms with van der Waals surface area (Å²) in [6, 6.07) is 0. The van der Waals surface area contributed by atoms with Crippen LogP contribution in [0.5, 0.6) is 0 Å². The summed E-state index contributed by atoms with van der Waals surface area (Å²) in [7, 11) is 0. The Labute approximate surface area is 109 Å². The molecule has 0 aromatic carbocycles. The maximum atomic E-state index is 12.3. The van der Waals surface area contributed by atoms with E-state index in [4.69, 9.17) is 5.73 Å². The van der Waals surface area contributed by atoms with Gasteiger partial charge < -0.3 is 10.6 Å². The fourth-order valence-corrected chi connectivity index (χ4v) is 3.29. The SMILES string of the molecule is CCCC(CN)C(=O)N1CCSC(C)(C)CC1. The van der Waals surface area contributed by atoms with E-state index >= 15 is 0 Å². The lowest BCUT2D eigenvalue weighted by Crippen LogP contribution is -2.40. The molecule has 3 nitrogen and oxygen atoms in total. The van der Waals surface area contributed by atoms with Crippen molar-refractivity contribution in [3.63, 3.8) is 0 Å². The summed E-state index contributed by atoms with van der Waals surface area (Å²) in [6.45, 7) is 8.89. The average molecular weight is 258 g/mol. The van der Waals surface area contributed by atoms with E-state index < -0.39 is 0 Å². The molecule has 0 aromatic rings. The first-order valence-electron chi connectivity index (χ1n) is 6.63. The fraction of sp³-hybridized carbons (Fsp3) is 0.923. The molecule has 1 rings (SSSR count). The van der Waals surface area contributed by atoms with Crippen molar-refractivity contribution in [2.24, 2.45) is 11.7 Å². The van der Waals surface area contributed by atoms with Crippen molar-refractivity contribution in [3.8, 4) is 0 Å². The second-order valence-corrected chi connectivity index (χ2v) is 7.21. The molecular weight excluding hydrogens is 232 g/mol. The molecule has 0 bridgehead atoms. The highest BCUT2D eigenvalue weighted by Crippen LogP contribution is 2.31. The van der Waals surface area contributed by atoms with Gasteiger partial charge in [0.2, 0.25) is 5.91 Å². The van der Waals surface area contributed by atoms with Gasteiger partial charge in [0.15, 0.2) is 0 Å². The minimum atomic E-state index is 0.0335. The number of carbonyl (C=O) groups is 1. The highest BCUT2D eigenvalue weighted by Gasteiger charge is 2.28. The lowest BCUT2D eigenvalue weighted by molar-refractivity contribution is -0.135. The van der Waals surface area contributed by atoms with Gasteiger partial charge in [-0.25, -0.2) is 0 Å². The Kier molecular flexibility index (Phi) is 5.80. The summed E-state index contributed by atoms with van der Waals surface area (Å²) in [4.78, 5) is 14.3. The van der Waals surface area contributed by atoms with Crippen LogP contribution in [0, 0.1) is 5.92 Å². The van der Waals surface area contributed by atoms with Gasteiger partial charge in [0.1, 0.15) is 0 Å². The first-order valence-corrected chi connectivity index (χ1v) is 7.61. The monoisotopic (exact) mass is 258 g/mol. The van der Waals surface area contributed by atoms with Crippen LogP contribution in [0.3, 0.4) is 0 Å². The summed E-state index contributed by atoms with van der Waals surface area (Å²) < 4.78 is 0.304. The first-order chi connectivity index (χ1) is 8.00. The van der Waals surface area contributed by atoms with Crippen LogP contribution < -0.4 is 5.73 Å². The summed E-state index contributed by atoms with van der Waals surface area (Å²) in [5.41, 5.74) is 5.71. The maximum Gasteiger partial charge on any atom is 0.226 e. The van der Waals surface area contributed by atoms with Gasteiger partial charge in [-0.1, -0.05) is 27.2 Å². The van der Waals surface area contributed by atoms with Gasteiger partial charge in [0.25, 0.3) is 0 Å². The molecule has 0 radical (unpaired) electrons. The molecular formula is C13H26N2OS. The predicted molar refractivity (Wildman–Crippen MR) is 75.2 cm³/mol. The zero-order valence-electron chi connectivity index (χ0n) is 11.4. The number of rotatable bonds is 4. The Balaban J connectivity index is 2.57. The molecule has 0 spiro atoms. The Bertz CT molecular complexity index is 256. The zero-order chi connectivity index (χ0) is 12.9. The summed E-state index contributed by atoms with van der Waals surface area (Å²) in [5.74, 6) is 1.35. The van der Waals surface area contributed by atoms with E-state index in [0.717, 1.165) is 38.1 Å². The molecule has 4 heteroatoms. The van der Waals surface area contributed by atoms with Crippen molar-refractivity contribution in [1.82, 2.24) is 4.90 Å². The standard InChI is InChI=1S/C13H26N2OS/c1-4-5-11(10-14)12(16)15-7-6-13(2,3)17-9-8-15/h11H,4-10,14H2,1-3H3. The van der Waals surface area contributed by atoms with Crippen molar-refractivity contribution in [3.05, 3.63) is 0 Å². The minimum absolute atomic E-state index is 0.0335. The number of thioether (sulfide) groups is 1. The van der Waals surface area contributed by atoms with Gasteiger partial charge >= 0.3 is 0 Å². The van der Waals surface area contributed by atoms with Gasteiger partial charge in [0.05, 0.1) is 5.92 Å². The number of nitrogens with two attached hydrogens (primary N) is 1. The predicted octanol–water partition coefficient (Wildman–Crippen LogP) is 2.11. The van der Waals surface area contributed by atoms with Crippen LogP contribution >= 0.6 is 11.8 Å². The van der Waals surface area contributed by atoms with Crippen molar-refractivity contribution in [2.75, 3.05) is 25.4 Å². The molecule has 1 atom stereocenters. The molecule has 1 heterocycles. The summed E-state index contributed by atoms with van der Waals surface area (Å²) >= 11 is 1.97. The second-order valence-electron chi connectivity index (χ2n) is 5.40. The second kappa shape index (κ2) is 6.64. The lowest BCUT2D eigenvalue weighted by atomic mass is 10.0. The van der Waals surface area contributed by atoms with E-state index in [1.165, 1.54) is 0 Å². The molecule has 2 N–H and O–H groups in total. The Hall–Kier alpha value is -0.220. The number of hydrogen-bond acceptors (Lipinski definition) is 3. The number of hydrogen-bond donors (Lipinski definition) is 1.